The van der Waals surface area contributed by atoms with E-state index >= 15 is 0 Å². The van der Waals surface area contributed by atoms with Crippen LogP contribution in [0.15, 0.2) is 28.7 Å². The van der Waals surface area contributed by atoms with Crippen molar-refractivity contribution in [1.82, 2.24) is 0 Å². The summed E-state index contributed by atoms with van der Waals surface area (Å²) in [6, 6.07) is 6.62. The van der Waals surface area contributed by atoms with Crippen molar-refractivity contribution in [1.29, 1.82) is 0 Å². The molecule has 1 unspecified atom stereocenters. The number of ketones is 2. The Labute approximate surface area is 171 Å². The minimum Gasteiger partial charge on any atom is -0.622 e. The Hall–Kier alpha value is 0.679. The van der Waals surface area contributed by atoms with Gasteiger partial charge in [-0.1, -0.05) is 35.0 Å². The zero-order valence-corrected chi connectivity index (χ0v) is 16.5. The average molecular weight is 364 g/mol. The average Bonchev–Trinajstić information content (AvgIpc) is 2.39. The van der Waals surface area contributed by atoms with E-state index in [4.69, 9.17) is 0 Å². The summed E-state index contributed by atoms with van der Waals surface area (Å²) in [4.78, 5) is 34.9. The van der Waals surface area contributed by atoms with Crippen molar-refractivity contribution in [2.75, 3.05) is 0 Å². The molecule has 7 heteroatoms. The van der Waals surface area contributed by atoms with Gasteiger partial charge in [0.15, 0.2) is 5.78 Å². The molecule has 0 N–H and O–H groups in total. The van der Waals surface area contributed by atoms with E-state index in [1.54, 1.807) is 47.8 Å². The van der Waals surface area contributed by atoms with Gasteiger partial charge >= 0.3 is 22.6 Å². The topological polar surface area (TPSA) is 60.4 Å². The van der Waals surface area contributed by atoms with Crippen LogP contribution in [-0.4, -0.2) is 85.5 Å². The molecule has 1 atom stereocenters. The molecule has 4 nitrogen and oxygen atoms in total. The molecule has 93 valence electrons. The fourth-order valence-electron chi connectivity index (χ4n) is 1.51. The maximum Gasteiger partial charge on any atom is 0.485 e. The fraction of sp³-hybridized carbons (Fsp3) is 0.250. The molecule has 3 radical (unpaired) electrons. The smallest absolute Gasteiger partial charge is 0.485 e. The molecule has 0 spiro atoms. The van der Waals surface area contributed by atoms with E-state index < -0.39 is 17.7 Å². The molecule has 0 saturated heterocycles. The van der Waals surface area contributed by atoms with Crippen LogP contribution in [-0.2, 0) is 13.4 Å². The number of hydrogen-bond donors (Lipinski definition) is 0. The summed E-state index contributed by atoms with van der Waals surface area (Å²) in [6.07, 6.45) is 0.257. The third-order valence-electron chi connectivity index (χ3n) is 2.48. The number of Topliss-reactive ketones (excluding diaryl/α,β-unsaturated/α-hetero) is 2. The molecular formula is C12H10AlBrKO4. The van der Waals surface area contributed by atoms with Crippen LogP contribution in [0, 0.1) is 5.92 Å². The number of carbonyl (C=O) groups excluding carboxylic acids is 3. The summed E-state index contributed by atoms with van der Waals surface area (Å²) < 4.78 is 5.10. The Morgan fingerprint density at radius 1 is 1.26 bits per heavy atom. The first-order valence-corrected chi connectivity index (χ1v) is 6.52. The van der Waals surface area contributed by atoms with E-state index in [0.29, 0.717) is 5.56 Å². The second-order valence-corrected chi connectivity index (χ2v) is 4.75. The minimum absolute atomic E-state index is 0. The van der Waals surface area contributed by atoms with Crippen LogP contribution in [0.4, 0.5) is 0 Å². The molecule has 0 aromatic heterocycles. The van der Waals surface area contributed by atoms with Crippen LogP contribution in [0.3, 0.4) is 0 Å². The standard InChI is InChI=1S/C12H11BrO4.Al.K/c1-2-9(11(15)12(16)17)10(14)7-3-5-8(13)6-4-7;;/h3-6,9H,2H2,1H3,(H,16,17);;/q;+1;/p-1. The van der Waals surface area contributed by atoms with Gasteiger partial charge in [-0.3, -0.25) is 9.59 Å². The van der Waals surface area contributed by atoms with Crippen molar-refractivity contribution in [3.05, 3.63) is 34.3 Å². The molecule has 1 aromatic rings. The van der Waals surface area contributed by atoms with E-state index in [-0.39, 0.29) is 63.6 Å². The molecule has 1 rings (SSSR count). The second kappa shape index (κ2) is 9.59. The van der Waals surface area contributed by atoms with Crippen LogP contribution in [0.5, 0.6) is 0 Å². The molecule has 0 aliphatic rings. The van der Waals surface area contributed by atoms with Crippen LogP contribution < -0.4 is 0 Å². The van der Waals surface area contributed by atoms with Gasteiger partial charge in [-0.2, -0.15) is 0 Å². The zero-order chi connectivity index (χ0) is 13.7. The monoisotopic (exact) mass is 363 g/mol. The van der Waals surface area contributed by atoms with Crippen molar-refractivity contribution in [2.24, 2.45) is 5.92 Å². The van der Waals surface area contributed by atoms with Crippen LogP contribution in [0.1, 0.15) is 23.7 Å². The third-order valence-corrected chi connectivity index (χ3v) is 3.22. The first-order valence-electron chi connectivity index (χ1n) is 5.26. The molecule has 0 bridgehead atoms. The fourth-order valence-corrected chi connectivity index (χ4v) is 1.89. The first kappa shape index (κ1) is 19.7. The van der Waals surface area contributed by atoms with Crippen molar-refractivity contribution in [2.45, 2.75) is 13.3 Å². The van der Waals surface area contributed by atoms with Gasteiger partial charge in [-0.05, 0) is 18.6 Å². The third kappa shape index (κ3) is 5.52. The van der Waals surface area contributed by atoms with Crippen molar-refractivity contribution in [3.63, 3.8) is 0 Å². The summed E-state index contributed by atoms with van der Waals surface area (Å²) in [5, 5.41) is 0. The van der Waals surface area contributed by atoms with Crippen molar-refractivity contribution >= 4 is 101 Å². The molecule has 0 aliphatic heterocycles. The molecule has 0 saturated carbocycles. The number of benzene rings is 1. The molecular weight excluding hydrogens is 354 g/mol. The predicted octanol–water partition coefficient (Wildman–Crippen LogP) is 1.47. The maximum absolute atomic E-state index is 12.1. The predicted molar refractivity (Wildman–Crippen MR) is 74.9 cm³/mol. The maximum atomic E-state index is 12.1. The number of rotatable bonds is 5. The Morgan fingerprint density at radius 2 is 1.79 bits per heavy atom. The summed E-state index contributed by atoms with van der Waals surface area (Å²) in [5.74, 6) is -3.19. The molecule has 0 fully saturated rings. The van der Waals surface area contributed by atoms with Gasteiger partial charge in [0, 0.05) is 61.4 Å². The zero-order valence-electron chi connectivity index (χ0n) is 10.7. The second-order valence-electron chi connectivity index (χ2n) is 3.60. The van der Waals surface area contributed by atoms with Crippen LogP contribution in [0.2, 0.25) is 0 Å². The van der Waals surface area contributed by atoms with E-state index in [0.717, 1.165) is 4.47 Å². The largest absolute Gasteiger partial charge is 0.622 e. The minimum atomic E-state index is -1.02. The Balaban J connectivity index is 0.00000324. The van der Waals surface area contributed by atoms with E-state index in [1.807, 2.05) is 0 Å². The van der Waals surface area contributed by atoms with E-state index in [9.17, 15) is 14.4 Å². The molecule has 1 aromatic carbocycles. The van der Waals surface area contributed by atoms with Crippen molar-refractivity contribution in [3.8, 4) is 0 Å². The van der Waals surface area contributed by atoms with E-state index in [1.165, 1.54) is 0 Å². The van der Waals surface area contributed by atoms with Gasteiger partial charge < -0.3 is 3.79 Å². The first-order chi connectivity index (χ1) is 8.51. The summed E-state index contributed by atoms with van der Waals surface area (Å²) in [5.41, 5.74) is 0.398. The molecule has 19 heavy (non-hydrogen) atoms. The summed E-state index contributed by atoms with van der Waals surface area (Å²) >= 11 is 4.96. The number of hydrogen-bond acceptors (Lipinski definition) is 4. The van der Waals surface area contributed by atoms with Gasteiger partial charge in [0.2, 0.25) is 5.78 Å². The van der Waals surface area contributed by atoms with Crippen LogP contribution >= 0.6 is 15.9 Å². The molecule has 0 aliphatic carbocycles. The SMILES string of the molecule is CCC(C(=O)C(=O)[O][Al])C(=O)c1ccc(Br)cc1.[K]. The number of carbonyl (C=O) groups is 3. The normalized spacial score (nSPS) is 11.1. The van der Waals surface area contributed by atoms with Crippen molar-refractivity contribution < 1.29 is 18.2 Å². The quantitative estimate of drug-likeness (QED) is 0.344. The van der Waals surface area contributed by atoms with Gasteiger partial charge in [-0.15, -0.1) is 0 Å². The van der Waals surface area contributed by atoms with E-state index in [2.05, 4.69) is 19.7 Å². The van der Waals surface area contributed by atoms with Crippen LogP contribution in [0.25, 0.3) is 0 Å². The van der Waals surface area contributed by atoms with Gasteiger partial charge in [0.1, 0.15) is 0 Å². The van der Waals surface area contributed by atoms with Gasteiger partial charge in [0.25, 0.3) is 0 Å². The molecule has 0 amide bonds. The summed E-state index contributed by atoms with van der Waals surface area (Å²) in [7, 11) is 0. The van der Waals surface area contributed by atoms with Gasteiger partial charge in [0.05, 0.1) is 5.92 Å². The Bertz CT molecular complexity index is 475. The Morgan fingerprint density at radius 3 is 2.21 bits per heavy atom. The Kier molecular flexibility index (Phi) is 9.93. The molecule has 0 heterocycles. The van der Waals surface area contributed by atoms with Gasteiger partial charge in [-0.25, -0.2) is 4.79 Å². The number of halogens is 1. The summed E-state index contributed by atoms with van der Waals surface area (Å²) in [6.45, 7) is 1.68.